The number of nitrogens with one attached hydrogen (secondary N) is 1. The summed E-state index contributed by atoms with van der Waals surface area (Å²) in [5.74, 6) is 1.46. The minimum absolute atomic E-state index is 0.136. The standard InChI is InChI=1S/C17H26FN/c1-4-17(14-6-5-7-15(18)11-14)19-16-9-12(2)8-13(3)10-16/h5-7,11-13,16-17,19H,4,8-10H2,1-3H3. The van der Waals surface area contributed by atoms with Crippen LogP contribution in [0, 0.1) is 17.7 Å². The van der Waals surface area contributed by atoms with Crippen LogP contribution in [0.3, 0.4) is 0 Å². The van der Waals surface area contributed by atoms with Crippen LogP contribution in [-0.2, 0) is 0 Å². The molecule has 0 aromatic heterocycles. The first kappa shape index (κ1) is 14.5. The highest BCUT2D eigenvalue weighted by Crippen LogP contribution is 2.30. The van der Waals surface area contributed by atoms with Gasteiger partial charge >= 0.3 is 0 Å². The SMILES string of the molecule is CCC(NC1CC(C)CC(C)C1)c1cccc(F)c1. The van der Waals surface area contributed by atoms with Gasteiger partial charge in [-0.1, -0.05) is 32.9 Å². The molecule has 0 heterocycles. The Labute approximate surface area is 116 Å². The first-order chi connectivity index (χ1) is 9.08. The number of hydrogen-bond acceptors (Lipinski definition) is 1. The van der Waals surface area contributed by atoms with Gasteiger partial charge in [0.15, 0.2) is 0 Å². The predicted molar refractivity (Wildman–Crippen MR) is 78.5 cm³/mol. The third-order valence-electron chi connectivity index (χ3n) is 4.27. The summed E-state index contributed by atoms with van der Waals surface area (Å²) < 4.78 is 13.3. The van der Waals surface area contributed by atoms with Crippen LogP contribution in [0.25, 0.3) is 0 Å². The van der Waals surface area contributed by atoms with E-state index in [0.717, 1.165) is 23.8 Å². The zero-order valence-electron chi connectivity index (χ0n) is 12.3. The summed E-state index contributed by atoms with van der Waals surface area (Å²) in [5, 5.41) is 3.74. The van der Waals surface area contributed by atoms with Crippen molar-refractivity contribution in [2.45, 2.75) is 58.5 Å². The normalized spacial score (nSPS) is 29.2. The fourth-order valence-corrected chi connectivity index (χ4v) is 3.54. The first-order valence-electron chi connectivity index (χ1n) is 7.60. The average Bonchev–Trinajstić information content (AvgIpc) is 2.34. The topological polar surface area (TPSA) is 12.0 Å². The molecule has 0 aliphatic heterocycles. The Morgan fingerprint density at radius 2 is 1.89 bits per heavy atom. The first-order valence-corrected chi connectivity index (χ1v) is 7.60. The largest absolute Gasteiger partial charge is 0.307 e. The number of hydrogen-bond donors (Lipinski definition) is 1. The second-order valence-corrected chi connectivity index (χ2v) is 6.30. The molecule has 0 bridgehead atoms. The molecule has 1 aromatic rings. The third-order valence-corrected chi connectivity index (χ3v) is 4.27. The lowest BCUT2D eigenvalue weighted by Gasteiger charge is -2.34. The number of halogens is 1. The van der Waals surface area contributed by atoms with Gasteiger partial charge in [-0.05, 0) is 55.2 Å². The van der Waals surface area contributed by atoms with Gasteiger partial charge in [-0.15, -0.1) is 0 Å². The molecule has 0 radical (unpaired) electrons. The fraction of sp³-hybridized carbons (Fsp3) is 0.647. The second-order valence-electron chi connectivity index (χ2n) is 6.30. The van der Waals surface area contributed by atoms with E-state index in [2.05, 4.69) is 26.1 Å². The van der Waals surface area contributed by atoms with Gasteiger partial charge in [0.25, 0.3) is 0 Å². The molecule has 0 spiro atoms. The quantitative estimate of drug-likeness (QED) is 0.831. The van der Waals surface area contributed by atoms with Crippen molar-refractivity contribution in [2.24, 2.45) is 11.8 Å². The maximum atomic E-state index is 13.3. The van der Waals surface area contributed by atoms with Crippen LogP contribution in [0.4, 0.5) is 4.39 Å². The molecule has 1 nitrogen and oxygen atoms in total. The Balaban J connectivity index is 2.02. The Kier molecular flexibility index (Phi) is 4.98. The summed E-state index contributed by atoms with van der Waals surface area (Å²) in [7, 11) is 0. The highest BCUT2D eigenvalue weighted by Gasteiger charge is 2.25. The van der Waals surface area contributed by atoms with E-state index < -0.39 is 0 Å². The molecular formula is C17H26FN. The molecular weight excluding hydrogens is 237 g/mol. The van der Waals surface area contributed by atoms with Crippen molar-refractivity contribution in [3.05, 3.63) is 35.6 Å². The molecule has 3 atom stereocenters. The smallest absolute Gasteiger partial charge is 0.123 e. The summed E-state index contributed by atoms with van der Waals surface area (Å²) in [5.41, 5.74) is 1.08. The summed E-state index contributed by atoms with van der Waals surface area (Å²) in [6, 6.07) is 7.86. The summed E-state index contributed by atoms with van der Waals surface area (Å²) in [6.07, 6.45) is 4.84. The second kappa shape index (κ2) is 6.51. The van der Waals surface area contributed by atoms with Crippen LogP contribution in [0.5, 0.6) is 0 Å². The molecule has 1 aromatic carbocycles. The zero-order valence-corrected chi connectivity index (χ0v) is 12.3. The van der Waals surface area contributed by atoms with Crippen molar-refractivity contribution in [2.75, 3.05) is 0 Å². The molecule has 0 saturated heterocycles. The van der Waals surface area contributed by atoms with E-state index in [1.165, 1.54) is 25.3 Å². The lowest BCUT2D eigenvalue weighted by atomic mass is 9.80. The van der Waals surface area contributed by atoms with E-state index >= 15 is 0 Å². The molecule has 0 amide bonds. The molecule has 106 valence electrons. The summed E-state index contributed by atoms with van der Waals surface area (Å²) in [4.78, 5) is 0. The van der Waals surface area contributed by atoms with Crippen molar-refractivity contribution in [3.63, 3.8) is 0 Å². The average molecular weight is 263 g/mol. The van der Waals surface area contributed by atoms with Gasteiger partial charge < -0.3 is 5.32 Å². The van der Waals surface area contributed by atoms with Crippen LogP contribution in [0.1, 0.15) is 58.1 Å². The Hall–Kier alpha value is -0.890. The maximum Gasteiger partial charge on any atom is 0.123 e. The molecule has 1 N–H and O–H groups in total. The van der Waals surface area contributed by atoms with E-state index in [1.807, 2.05) is 6.07 Å². The predicted octanol–water partition coefficient (Wildman–Crippen LogP) is 4.69. The van der Waals surface area contributed by atoms with Crippen molar-refractivity contribution >= 4 is 0 Å². The minimum Gasteiger partial charge on any atom is -0.307 e. The molecule has 3 unspecified atom stereocenters. The van der Waals surface area contributed by atoms with Gasteiger partial charge in [0.1, 0.15) is 5.82 Å². The van der Waals surface area contributed by atoms with E-state index in [1.54, 1.807) is 12.1 Å². The van der Waals surface area contributed by atoms with E-state index in [4.69, 9.17) is 0 Å². The third kappa shape index (κ3) is 4.04. The fourth-order valence-electron chi connectivity index (χ4n) is 3.54. The van der Waals surface area contributed by atoms with Crippen LogP contribution in [-0.4, -0.2) is 6.04 Å². The monoisotopic (exact) mass is 263 g/mol. The van der Waals surface area contributed by atoms with Crippen molar-refractivity contribution in [1.29, 1.82) is 0 Å². The summed E-state index contributed by atoms with van der Waals surface area (Å²) in [6.45, 7) is 6.85. The Morgan fingerprint density at radius 3 is 2.47 bits per heavy atom. The zero-order chi connectivity index (χ0) is 13.8. The van der Waals surface area contributed by atoms with Crippen molar-refractivity contribution < 1.29 is 4.39 Å². The molecule has 2 heteroatoms. The Bertz CT molecular complexity index is 394. The van der Waals surface area contributed by atoms with E-state index in [9.17, 15) is 4.39 Å². The lowest BCUT2D eigenvalue weighted by molar-refractivity contribution is 0.224. The summed E-state index contributed by atoms with van der Waals surface area (Å²) >= 11 is 0. The van der Waals surface area contributed by atoms with Crippen LogP contribution in [0.15, 0.2) is 24.3 Å². The number of benzene rings is 1. The molecule has 1 aliphatic carbocycles. The molecule has 1 fully saturated rings. The van der Waals surface area contributed by atoms with Crippen molar-refractivity contribution in [3.8, 4) is 0 Å². The van der Waals surface area contributed by atoms with E-state index in [-0.39, 0.29) is 11.9 Å². The molecule has 2 rings (SSSR count). The van der Waals surface area contributed by atoms with Gasteiger partial charge in [-0.3, -0.25) is 0 Å². The van der Waals surface area contributed by atoms with Crippen LogP contribution in [0.2, 0.25) is 0 Å². The number of rotatable bonds is 4. The van der Waals surface area contributed by atoms with Gasteiger partial charge in [0.05, 0.1) is 0 Å². The molecule has 19 heavy (non-hydrogen) atoms. The Morgan fingerprint density at radius 1 is 1.21 bits per heavy atom. The van der Waals surface area contributed by atoms with Crippen LogP contribution >= 0.6 is 0 Å². The van der Waals surface area contributed by atoms with Crippen molar-refractivity contribution in [1.82, 2.24) is 5.32 Å². The van der Waals surface area contributed by atoms with Gasteiger partial charge in [0.2, 0.25) is 0 Å². The van der Waals surface area contributed by atoms with Gasteiger partial charge in [-0.2, -0.15) is 0 Å². The molecule has 1 aliphatic rings. The highest BCUT2D eigenvalue weighted by molar-refractivity contribution is 5.20. The van der Waals surface area contributed by atoms with Gasteiger partial charge in [-0.25, -0.2) is 4.39 Å². The highest BCUT2D eigenvalue weighted by atomic mass is 19.1. The minimum atomic E-state index is -0.136. The maximum absolute atomic E-state index is 13.3. The van der Waals surface area contributed by atoms with E-state index in [0.29, 0.717) is 6.04 Å². The lowest BCUT2D eigenvalue weighted by Crippen LogP contribution is -2.38. The van der Waals surface area contributed by atoms with Gasteiger partial charge in [0, 0.05) is 12.1 Å². The molecule has 1 saturated carbocycles. The van der Waals surface area contributed by atoms with Crippen LogP contribution < -0.4 is 5.32 Å².